The molecule has 0 radical (unpaired) electrons. The topological polar surface area (TPSA) is 61.6 Å². The van der Waals surface area contributed by atoms with Gasteiger partial charge < -0.3 is 9.67 Å². The Hall–Kier alpha value is -2.77. The molecule has 2 aromatic carbocycles. The Kier molecular flexibility index (Phi) is 8.06. The van der Waals surface area contributed by atoms with Crippen LogP contribution in [0.15, 0.2) is 48.5 Å². The first-order valence-corrected chi connectivity index (χ1v) is 16.8. The number of piperidine rings is 2. The number of imidazole rings is 1. The molecule has 1 N–H and O–H groups in total. The molecule has 0 spiro atoms. The third kappa shape index (κ3) is 5.52. The Morgan fingerprint density at radius 3 is 2.40 bits per heavy atom. The molecule has 3 atom stereocenters. The monoisotopic (exact) mass is 586 g/mol. The van der Waals surface area contributed by atoms with Crippen LogP contribution in [0.5, 0.6) is 0 Å². The Morgan fingerprint density at radius 2 is 1.70 bits per heavy atom. The van der Waals surface area contributed by atoms with Gasteiger partial charge in [0.25, 0.3) is 0 Å². The number of fused-ring (bicyclic) bond motifs is 3. The van der Waals surface area contributed by atoms with Crippen LogP contribution >= 0.6 is 0 Å². The van der Waals surface area contributed by atoms with Crippen molar-refractivity contribution in [1.29, 1.82) is 0 Å². The number of benzene rings is 2. The minimum absolute atomic E-state index is 0.123. The number of hydrogen-bond acceptors (Lipinski definition) is 4. The lowest BCUT2D eigenvalue weighted by molar-refractivity contribution is -0.147. The third-order valence-electron chi connectivity index (χ3n) is 11.8. The number of aromatic nitrogens is 2. The quantitative estimate of drug-likeness (QED) is 0.305. The Balaban J connectivity index is 1.07. The molecule has 4 fully saturated rings. The number of carbonyl (C=O) groups is 1. The van der Waals surface area contributed by atoms with Crippen molar-refractivity contribution in [2.45, 2.75) is 114 Å². The van der Waals surface area contributed by atoms with Gasteiger partial charge in [0.1, 0.15) is 17.7 Å². The second-order valence-corrected chi connectivity index (χ2v) is 14.0. The normalized spacial score (nSPS) is 27.4. The number of rotatable bonds is 8. The summed E-state index contributed by atoms with van der Waals surface area (Å²) < 4.78 is 17.1. The average Bonchev–Trinajstić information content (AvgIpc) is 3.47. The molecule has 3 saturated heterocycles. The van der Waals surface area contributed by atoms with Gasteiger partial charge in [-0.05, 0) is 126 Å². The van der Waals surface area contributed by atoms with Crippen LogP contribution in [0.2, 0.25) is 0 Å². The van der Waals surface area contributed by atoms with Crippen molar-refractivity contribution < 1.29 is 14.3 Å². The van der Waals surface area contributed by atoms with Crippen molar-refractivity contribution in [2.75, 3.05) is 19.6 Å². The summed E-state index contributed by atoms with van der Waals surface area (Å²) in [7, 11) is 0. The van der Waals surface area contributed by atoms with E-state index in [1.165, 1.54) is 24.8 Å². The summed E-state index contributed by atoms with van der Waals surface area (Å²) in [6, 6.07) is 17.0. The maximum absolute atomic E-state index is 14.6. The zero-order valence-electron chi connectivity index (χ0n) is 25.6. The summed E-state index contributed by atoms with van der Waals surface area (Å²) in [5.74, 6) is 0.532. The van der Waals surface area contributed by atoms with E-state index < -0.39 is 5.97 Å². The molecule has 4 heterocycles. The summed E-state index contributed by atoms with van der Waals surface area (Å²) in [5, 5.41) is 10.3. The van der Waals surface area contributed by atoms with Crippen molar-refractivity contribution >= 4 is 17.0 Å². The summed E-state index contributed by atoms with van der Waals surface area (Å²) in [6.45, 7) is 4.71. The first-order chi connectivity index (χ1) is 20.9. The third-order valence-corrected chi connectivity index (χ3v) is 11.8. The van der Waals surface area contributed by atoms with Gasteiger partial charge in [0, 0.05) is 18.1 Å². The fourth-order valence-corrected chi connectivity index (χ4v) is 9.63. The molecule has 1 saturated carbocycles. The molecular formula is C36H47FN4O2. The molecular weight excluding hydrogens is 539 g/mol. The second-order valence-electron chi connectivity index (χ2n) is 14.0. The molecule has 0 amide bonds. The van der Waals surface area contributed by atoms with E-state index in [9.17, 15) is 14.3 Å². The highest BCUT2D eigenvalue weighted by Crippen LogP contribution is 2.45. The number of para-hydroxylation sites is 2. The van der Waals surface area contributed by atoms with Crippen molar-refractivity contribution in [3.05, 3.63) is 65.7 Å². The van der Waals surface area contributed by atoms with Gasteiger partial charge >= 0.3 is 5.97 Å². The van der Waals surface area contributed by atoms with Crippen LogP contribution < -0.4 is 0 Å². The molecule has 1 aliphatic carbocycles. The van der Waals surface area contributed by atoms with Crippen LogP contribution in [-0.4, -0.2) is 68.2 Å². The molecule has 43 heavy (non-hydrogen) atoms. The maximum Gasteiger partial charge on any atom is 0.321 e. The number of nitrogens with zero attached hydrogens (tertiary/aromatic N) is 4. The zero-order chi connectivity index (χ0) is 29.6. The van der Waals surface area contributed by atoms with Crippen LogP contribution in [0.4, 0.5) is 4.39 Å². The number of carboxylic acids is 1. The van der Waals surface area contributed by atoms with Gasteiger partial charge in [0.2, 0.25) is 0 Å². The van der Waals surface area contributed by atoms with Gasteiger partial charge in [0.15, 0.2) is 0 Å². The molecule has 3 unspecified atom stereocenters. The molecule has 2 bridgehead atoms. The molecule has 6 nitrogen and oxygen atoms in total. The van der Waals surface area contributed by atoms with Crippen molar-refractivity contribution in [3.8, 4) is 0 Å². The van der Waals surface area contributed by atoms with E-state index >= 15 is 0 Å². The second kappa shape index (κ2) is 12.0. The summed E-state index contributed by atoms with van der Waals surface area (Å²) >= 11 is 0. The van der Waals surface area contributed by atoms with Gasteiger partial charge in [-0.15, -0.1) is 0 Å². The fraction of sp³-hybridized carbons (Fsp3) is 0.611. The van der Waals surface area contributed by atoms with E-state index in [1.807, 2.05) is 6.07 Å². The molecule has 4 aliphatic rings. The largest absolute Gasteiger partial charge is 0.480 e. The number of halogens is 1. The highest BCUT2D eigenvalue weighted by Gasteiger charge is 2.45. The minimum atomic E-state index is -0.662. The van der Waals surface area contributed by atoms with Crippen LogP contribution in [0.1, 0.15) is 94.5 Å². The van der Waals surface area contributed by atoms with Gasteiger partial charge in [0.05, 0.1) is 11.0 Å². The van der Waals surface area contributed by atoms with Crippen LogP contribution in [0.3, 0.4) is 0 Å². The average molecular weight is 587 g/mol. The Labute approximate surface area is 255 Å². The smallest absolute Gasteiger partial charge is 0.321 e. The predicted molar refractivity (Wildman–Crippen MR) is 168 cm³/mol. The van der Waals surface area contributed by atoms with Crippen molar-refractivity contribution in [2.24, 2.45) is 5.92 Å². The maximum atomic E-state index is 14.6. The predicted octanol–water partition coefficient (Wildman–Crippen LogP) is 7.11. The number of aliphatic carboxylic acids is 1. The minimum Gasteiger partial charge on any atom is -0.480 e. The summed E-state index contributed by atoms with van der Waals surface area (Å²) in [6.07, 6.45) is 13.1. The highest BCUT2D eigenvalue weighted by atomic mass is 19.1. The van der Waals surface area contributed by atoms with E-state index in [0.29, 0.717) is 18.1 Å². The molecule has 7 rings (SSSR count). The first kappa shape index (κ1) is 29.0. The van der Waals surface area contributed by atoms with Crippen LogP contribution in [-0.2, 0) is 10.2 Å². The highest BCUT2D eigenvalue weighted by molar-refractivity contribution is 5.76. The van der Waals surface area contributed by atoms with E-state index in [4.69, 9.17) is 4.98 Å². The number of likely N-dealkylation sites (tertiary alicyclic amines) is 1. The Morgan fingerprint density at radius 1 is 0.977 bits per heavy atom. The number of aryl methyl sites for hydroxylation is 1. The van der Waals surface area contributed by atoms with Gasteiger partial charge in [-0.1, -0.05) is 43.5 Å². The summed E-state index contributed by atoms with van der Waals surface area (Å²) in [5.41, 5.74) is 3.32. The molecule has 3 aromatic rings. The first-order valence-electron chi connectivity index (χ1n) is 16.8. The SMILES string of the molecule is Cc1nc2ccccc2n1C1CC2CCC(C1)N2CCC1(c2cccc(F)c2)CCN(C(C(=O)O)C2CCCCC2)CC1. The van der Waals surface area contributed by atoms with E-state index in [2.05, 4.69) is 51.6 Å². The van der Waals surface area contributed by atoms with Crippen molar-refractivity contribution in [1.82, 2.24) is 19.4 Å². The molecule has 7 heteroatoms. The van der Waals surface area contributed by atoms with Gasteiger partial charge in [-0.3, -0.25) is 14.6 Å². The van der Waals surface area contributed by atoms with Crippen LogP contribution in [0, 0.1) is 18.7 Å². The molecule has 3 aliphatic heterocycles. The van der Waals surface area contributed by atoms with Gasteiger partial charge in [-0.25, -0.2) is 9.37 Å². The van der Waals surface area contributed by atoms with Gasteiger partial charge in [-0.2, -0.15) is 0 Å². The standard InChI is InChI=1S/C36H47FN4O2/c1-25-38-32-12-5-6-13-33(32)41(25)31-23-29-14-15-30(24-31)40(29)21-18-36(27-10-7-11-28(37)22-27)16-19-39(20-17-36)34(35(42)43)26-8-3-2-4-9-26/h5-7,10-13,22,26,29-31,34H,2-4,8-9,14-21,23-24H2,1H3,(H,42,43). The number of carboxylic acid groups (broad SMARTS) is 1. The van der Waals surface area contributed by atoms with E-state index in [0.717, 1.165) is 94.3 Å². The van der Waals surface area contributed by atoms with E-state index in [-0.39, 0.29) is 23.2 Å². The lowest BCUT2D eigenvalue weighted by Crippen LogP contribution is -2.53. The fourth-order valence-electron chi connectivity index (χ4n) is 9.63. The van der Waals surface area contributed by atoms with Crippen molar-refractivity contribution in [3.63, 3.8) is 0 Å². The zero-order valence-corrected chi connectivity index (χ0v) is 25.6. The summed E-state index contributed by atoms with van der Waals surface area (Å²) in [4.78, 5) is 22.4. The lowest BCUT2D eigenvalue weighted by Gasteiger charge is -2.47. The lowest BCUT2D eigenvalue weighted by atomic mass is 9.69. The number of hydrogen-bond donors (Lipinski definition) is 1. The van der Waals surface area contributed by atoms with E-state index in [1.54, 1.807) is 12.1 Å². The van der Waals surface area contributed by atoms with Crippen LogP contribution in [0.25, 0.3) is 11.0 Å². The Bertz CT molecular complexity index is 1430. The molecule has 230 valence electrons. The molecule has 1 aromatic heterocycles.